The largest absolute Gasteiger partial charge is 0.312 e. The molecule has 0 aromatic rings. The van der Waals surface area contributed by atoms with E-state index in [4.69, 9.17) is 0 Å². The molecule has 2 nitrogen and oxygen atoms in total. The van der Waals surface area contributed by atoms with Gasteiger partial charge in [-0.05, 0) is 39.5 Å². The molecular weight excluding hydrogens is 184 g/mol. The molecule has 2 bridgehead atoms. The van der Waals surface area contributed by atoms with Crippen LogP contribution in [0.25, 0.3) is 0 Å². The van der Waals surface area contributed by atoms with Gasteiger partial charge in [0.1, 0.15) is 0 Å². The van der Waals surface area contributed by atoms with Crippen LogP contribution in [0.5, 0.6) is 0 Å². The second-order valence-electron chi connectivity index (χ2n) is 5.92. The van der Waals surface area contributed by atoms with Gasteiger partial charge < -0.3 is 5.32 Å². The van der Waals surface area contributed by atoms with Crippen molar-refractivity contribution in [3.63, 3.8) is 0 Å². The van der Waals surface area contributed by atoms with Crippen molar-refractivity contribution in [1.82, 2.24) is 10.2 Å². The minimum absolute atomic E-state index is 0.639. The van der Waals surface area contributed by atoms with Gasteiger partial charge in [-0.3, -0.25) is 4.90 Å². The molecule has 2 rings (SSSR count). The molecule has 2 aliphatic heterocycles. The minimum atomic E-state index is 0.639. The zero-order valence-corrected chi connectivity index (χ0v) is 10.7. The number of nitrogens with zero attached hydrogens (tertiary/aromatic N) is 1. The lowest BCUT2D eigenvalue weighted by atomic mass is 9.95. The third-order valence-electron chi connectivity index (χ3n) is 3.95. The van der Waals surface area contributed by atoms with Crippen molar-refractivity contribution in [3.8, 4) is 0 Å². The Morgan fingerprint density at radius 2 is 1.53 bits per heavy atom. The molecule has 0 aromatic carbocycles. The number of hydrogen-bond acceptors (Lipinski definition) is 2. The van der Waals surface area contributed by atoms with Crippen LogP contribution in [0.1, 0.15) is 53.4 Å². The number of hydrogen-bond donors (Lipinski definition) is 1. The first-order chi connectivity index (χ1) is 7.08. The quantitative estimate of drug-likeness (QED) is 0.769. The lowest BCUT2D eigenvalue weighted by molar-refractivity contribution is 0.0830. The standard InChI is InChI=1S/C13H26N2/c1-9(2)14-11-7-12-5-6-13(8-11)15(12)10(3)4/h9-14H,5-8H2,1-4H3/t11?,12-,13+. The summed E-state index contributed by atoms with van der Waals surface area (Å²) in [7, 11) is 0. The maximum Gasteiger partial charge on any atom is 0.0116 e. The lowest BCUT2D eigenvalue weighted by Gasteiger charge is -2.42. The molecule has 0 saturated carbocycles. The predicted molar refractivity (Wildman–Crippen MR) is 65.1 cm³/mol. The van der Waals surface area contributed by atoms with Crippen molar-refractivity contribution in [2.75, 3.05) is 0 Å². The van der Waals surface area contributed by atoms with Crippen LogP contribution in [0.15, 0.2) is 0 Å². The summed E-state index contributed by atoms with van der Waals surface area (Å²) in [5.74, 6) is 0. The summed E-state index contributed by atoms with van der Waals surface area (Å²) in [6.07, 6.45) is 5.60. The third-order valence-corrected chi connectivity index (χ3v) is 3.95. The van der Waals surface area contributed by atoms with Gasteiger partial charge >= 0.3 is 0 Å². The molecule has 2 aliphatic rings. The van der Waals surface area contributed by atoms with Crippen LogP contribution in [0, 0.1) is 0 Å². The van der Waals surface area contributed by atoms with Crippen LogP contribution in [0.4, 0.5) is 0 Å². The molecule has 0 radical (unpaired) electrons. The van der Waals surface area contributed by atoms with E-state index in [9.17, 15) is 0 Å². The second-order valence-corrected chi connectivity index (χ2v) is 5.92. The number of rotatable bonds is 3. The molecule has 1 N–H and O–H groups in total. The maximum atomic E-state index is 3.72. The molecule has 0 aliphatic carbocycles. The number of piperidine rings is 1. The Morgan fingerprint density at radius 3 is 1.93 bits per heavy atom. The van der Waals surface area contributed by atoms with Gasteiger partial charge in [-0.25, -0.2) is 0 Å². The molecule has 2 fully saturated rings. The SMILES string of the molecule is CC(C)NC1C[C@H]2CC[C@@H](C1)N2C(C)C. The molecule has 3 atom stereocenters. The Bertz CT molecular complexity index is 199. The Labute approximate surface area is 94.4 Å². The summed E-state index contributed by atoms with van der Waals surface area (Å²) in [5.41, 5.74) is 0. The maximum absolute atomic E-state index is 3.72. The van der Waals surface area contributed by atoms with E-state index < -0.39 is 0 Å². The van der Waals surface area contributed by atoms with Gasteiger partial charge in [-0.1, -0.05) is 13.8 Å². The normalized spacial score (nSPS) is 36.8. The summed E-state index contributed by atoms with van der Waals surface area (Å²) in [5, 5.41) is 3.72. The average molecular weight is 210 g/mol. The highest BCUT2D eigenvalue weighted by Crippen LogP contribution is 2.37. The van der Waals surface area contributed by atoms with Gasteiger partial charge in [0, 0.05) is 30.2 Å². The van der Waals surface area contributed by atoms with Gasteiger partial charge in [-0.15, -0.1) is 0 Å². The van der Waals surface area contributed by atoms with Crippen LogP contribution in [-0.2, 0) is 0 Å². The molecule has 0 aromatic heterocycles. The van der Waals surface area contributed by atoms with Gasteiger partial charge in [0.05, 0.1) is 0 Å². The van der Waals surface area contributed by atoms with Gasteiger partial charge in [0.15, 0.2) is 0 Å². The van der Waals surface area contributed by atoms with Crippen LogP contribution in [-0.4, -0.2) is 35.1 Å². The molecule has 0 amide bonds. The topological polar surface area (TPSA) is 15.3 Å². The fourth-order valence-corrected chi connectivity index (χ4v) is 3.66. The Kier molecular flexibility index (Phi) is 3.36. The monoisotopic (exact) mass is 210 g/mol. The van der Waals surface area contributed by atoms with Crippen LogP contribution < -0.4 is 5.32 Å². The van der Waals surface area contributed by atoms with E-state index in [0.717, 1.165) is 24.2 Å². The van der Waals surface area contributed by atoms with Gasteiger partial charge in [-0.2, -0.15) is 0 Å². The minimum Gasteiger partial charge on any atom is -0.312 e. The Hall–Kier alpha value is -0.0800. The van der Waals surface area contributed by atoms with E-state index in [1.165, 1.54) is 25.7 Å². The molecule has 15 heavy (non-hydrogen) atoms. The molecule has 0 spiro atoms. The first-order valence-electron chi connectivity index (χ1n) is 6.61. The van der Waals surface area contributed by atoms with E-state index in [1.807, 2.05) is 0 Å². The van der Waals surface area contributed by atoms with E-state index in [-0.39, 0.29) is 0 Å². The Balaban J connectivity index is 1.96. The third kappa shape index (κ3) is 2.36. The van der Waals surface area contributed by atoms with Crippen molar-refractivity contribution < 1.29 is 0 Å². The molecule has 2 heterocycles. The van der Waals surface area contributed by atoms with Gasteiger partial charge in [0.2, 0.25) is 0 Å². The van der Waals surface area contributed by atoms with E-state index >= 15 is 0 Å². The van der Waals surface area contributed by atoms with Crippen molar-refractivity contribution >= 4 is 0 Å². The van der Waals surface area contributed by atoms with E-state index in [2.05, 4.69) is 37.9 Å². The van der Waals surface area contributed by atoms with Crippen molar-refractivity contribution in [1.29, 1.82) is 0 Å². The Morgan fingerprint density at radius 1 is 1.00 bits per heavy atom. The van der Waals surface area contributed by atoms with Crippen molar-refractivity contribution in [2.45, 2.75) is 83.6 Å². The summed E-state index contributed by atoms with van der Waals surface area (Å²) in [6, 6.07) is 3.87. The first kappa shape index (κ1) is 11.4. The van der Waals surface area contributed by atoms with Crippen molar-refractivity contribution in [2.24, 2.45) is 0 Å². The molecule has 1 unspecified atom stereocenters. The first-order valence-corrected chi connectivity index (χ1v) is 6.61. The van der Waals surface area contributed by atoms with Crippen LogP contribution >= 0.6 is 0 Å². The second kappa shape index (κ2) is 4.42. The summed E-state index contributed by atoms with van der Waals surface area (Å²) in [4.78, 5) is 2.76. The van der Waals surface area contributed by atoms with E-state index in [0.29, 0.717) is 6.04 Å². The highest BCUT2D eigenvalue weighted by atomic mass is 15.2. The fourth-order valence-electron chi connectivity index (χ4n) is 3.66. The van der Waals surface area contributed by atoms with Crippen LogP contribution in [0.3, 0.4) is 0 Å². The summed E-state index contributed by atoms with van der Waals surface area (Å²) in [6.45, 7) is 9.22. The summed E-state index contributed by atoms with van der Waals surface area (Å²) < 4.78 is 0. The predicted octanol–water partition coefficient (Wildman–Crippen LogP) is 2.39. The van der Waals surface area contributed by atoms with Gasteiger partial charge in [0.25, 0.3) is 0 Å². The highest BCUT2D eigenvalue weighted by molar-refractivity contribution is 4.98. The van der Waals surface area contributed by atoms with Crippen LogP contribution in [0.2, 0.25) is 0 Å². The smallest absolute Gasteiger partial charge is 0.0116 e. The molecule has 2 saturated heterocycles. The summed E-state index contributed by atoms with van der Waals surface area (Å²) >= 11 is 0. The lowest BCUT2D eigenvalue weighted by Crippen LogP contribution is -2.52. The molecular formula is C13H26N2. The van der Waals surface area contributed by atoms with E-state index in [1.54, 1.807) is 0 Å². The molecule has 2 heteroatoms. The zero-order chi connectivity index (χ0) is 11.0. The highest BCUT2D eigenvalue weighted by Gasteiger charge is 2.41. The average Bonchev–Trinajstić information content (AvgIpc) is 2.38. The molecule has 88 valence electrons. The van der Waals surface area contributed by atoms with Crippen molar-refractivity contribution in [3.05, 3.63) is 0 Å². The number of nitrogens with one attached hydrogen (secondary N) is 1. The number of fused-ring (bicyclic) bond motifs is 2. The fraction of sp³-hybridized carbons (Fsp3) is 1.00. The zero-order valence-electron chi connectivity index (χ0n) is 10.7.